The number of nitrogens with one attached hydrogen (secondary N) is 1. The summed E-state index contributed by atoms with van der Waals surface area (Å²) in [6.45, 7) is 3.63. The van der Waals surface area contributed by atoms with Crippen molar-refractivity contribution in [3.8, 4) is 5.75 Å². The fraction of sp³-hybridized carbons (Fsp3) is 0.333. The van der Waals surface area contributed by atoms with Crippen molar-refractivity contribution >= 4 is 33.3 Å². The number of sulfonamides is 1. The van der Waals surface area contributed by atoms with Gasteiger partial charge in [0.15, 0.2) is 6.10 Å². The minimum atomic E-state index is -3.36. The molecule has 1 N–H and O–H groups in total. The zero-order valence-corrected chi connectivity index (χ0v) is 18.4. The van der Waals surface area contributed by atoms with Crippen LogP contribution in [0.2, 0.25) is 0 Å². The molecule has 0 radical (unpaired) electrons. The van der Waals surface area contributed by atoms with Crippen LogP contribution in [0.15, 0.2) is 42.5 Å². The third-order valence-corrected chi connectivity index (χ3v) is 5.76. The van der Waals surface area contributed by atoms with Gasteiger partial charge in [0.25, 0.3) is 5.91 Å². The normalized spacial score (nSPS) is 12.0. The highest BCUT2D eigenvalue weighted by Crippen LogP contribution is 2.23. The molecule has 2 aromatic rings. The lowest BCUT2D eigenvalue weighted by Gasteiger charge is -2.20. The molecule has 0 aliphatic carbocycles. The van der Waals surface area contributed by atoms with Crippen molar-refractivity contribution in [1.29, 1.82) is 0 Å². The molecule has 0 heterocycles. The summed E-state index contributed by atoms with van der Waals surface area (Å²) >= 11 is 0. The van der Waals surface area contributed by atoms with Crippen LogP contribution in [0.4, 0.5) is 11.4 Å². The number of hydrogen-bond donors (Lipinski definition) is 1. The first kappa shape index (κ1) is 23.2. The average Bonchev–Trinajstić information content (AvgIpc) is 2.72. The first-order chi connectivity index (χ1) is 14.1. The van der Waals surface area contributed by atoms with Crippen LogP contribution in [0.5, 0.6) is 5.75 Å². The Hall–Kier alpha value is -3.07. The van der Waals surface area contributed by atoms with E-state index in [2.05, 4.69) is 5.32 Å². The van der Waals surface area contributed by atoms with Crippen molar-refractivity contribution in [2.24, 2.45) is 0 Å². The molecule has 0 saturated carbocycles. The SMILES string of the molecule is CCC(Oc1ccc(N(C)S(C)(=O)=O)cc1)C(=O)Nc1cc(C(=O)OC)ccc1C. The van der Waals surface area contributed by atoms with Gasteiger partial charge in [0.2, 0.25) is 10.0 Å². The molecule has 8 nitrogen and oxygen atoms in total. The number of nitrogens with zero attached hydrogens (tertiary/aromatic N) is 1. The second kappa shape index (κ2) is 9.62. The number of rotatable bonds is 8. The predicted molar refractivity (Wildman–Crippen MR) is 116 cm³/mol. The molecule has 2 aromatic carbocycles. The Morgan fingerprint density at radius 3 is 2.30 bits per heavy atom. The second-order valence-corrected chi connectivity index (χ2v) is 8.76. The Labute approximate surface area is 176 Å². The van der Waals surface area contributed by atoms with E-state index in [0.29, 0.717) is 29.1 Å². The van der Waals surface area contributed by atoms with E-state index in [1.807, 2.05) is 13.8 Å². The summed E-state index contributed by atoms with van der Waals surface area (Å²) in [5.41, 5.74) is 2.10. The molecule has 1 unspecified atom stereocenters. The van der Waals surface area contributed by atoms with E-state index in [1.54, 1.807) is 42.5 Å². The second-order valence-electron chi connectivity index (χ2n) is 6.75. The standard InChI is InChI=1S/C21H26N2O6S/c1-6-19(29-17-11-9-16(10-12-17)23(3)30(5,26)27)20(24)22-18-13-15(21(25)28-4)8-7-14(18)2/h7-13,19H,6H2,1-5H3,(H,22,24). The van der Waals surface area contributed by atoms with Gasteiger partial charge >= 0.3 is 5.97 Å². The van der Waals surface area contributed by atoms with Gasteiger partial charge in [-0.2, -0.15) is 0 Å². The van der Waals surface area contributed by atoms with Crippen molar-refractivity contribution in [2.75, 3.05) is 30.0 Å². The Morgan fingerprint density at radius 1 is 1.13 bits per heavy atom. The van der Waals surface area contributed by atoms with E-state index in [9.17, 15) is 18.0 Å². The van der Waals surface area contributed by atoms with Gasteiger partial charge in [0.1, 0.15) is 5.75 Å². The van der Waals surface area contributed by atoms with Crippen molar-refractivity contribution in [3.63, 3.8) is 0 Å². The predicted octanol–water partition coefficient (Wildman–Crippen LogP) is 2.97. The van der Waals surface area contributed by atoms with Crippen LogP contribution in [0.1, 0.15) is 29.3 Å². The molecule has 0 bridgehead atoms. The van der Waals surface area contributed by atoms with E-state index in [1.165, 1.54) is 14.2 Å². The Morgan fingerprint density at radius 2 is 1.77 bits per heavy atom. The first-order valence-corrected chi connectivity index (χ1v) is 11.1. The summed E-state index contributed by atoms with van der Waals surface area (Å²) in [4.78, 5) is 24.4. The monoisotopic (exact) mass is 434 g/mol. The summed E-state index contributed by atoms with van der Waals surface area (Å²) in [6, 6.07) is 11.3. The van der Waals surface area contributed by atoms with Crippen LogP contribution >= 0.6 is 0 Å². The van der Waals surface area contributed by atoms with Gasteiger partial charge < -0.3 is 14.8 Å². The maximum Gasteiger partial charge on any atom is 0.337 e. The number of anilines is 2. The molecule has 2 rings (SSSR count). The number of benzene rings is 2. The van der Waals surface area contributed by atoms with Crippen molar-refractivity contribution < 1.29 is 27.5 Å². The highest BCUT2D eigenvalue weighted by molar-refractivity contribution is 7.92. The summed E-state index contributed by atoms with van der Waals surface area (Å²) in [7, 11) is -0.616. The maximum atomic E-state index is 12.7. The summed E-state index contributed by atoms with van der Waals surface area (Å²) < 4.78 is 34.9. The van der Waals surface area contributed by atoms with Gasteiger partial charge in [0.05, 0.1) is 24.6 Å². The molecule has 0 aromatic heterocycles. The molecular weight excluding hydrogens is 408 g/mol. The van der Waals surface area contributed by atoms with Crippen molar-refractivity contribution in [2.45, 2.75) is 26.4 Å². The molecule has 1 amide bonds. The fourth-order valence-electron chi connectivity index (χ4n) is 2.63. The summed E-state index contributed by atoms with van der Waals surface area (Å²) in [5.74, 6) is -0.421. The molecule has 0 aliphatic rings. The summed E-state index contributed by atoms with van der Waals surface area (Å²) in [5, 5.41) is 2.79. The minimum absolute atomic E-state index is 0.331. The van der Waals surface area contributed by atoms with Gasteiger partial charge in [-0.25, -0.2) is 13.2 Å². The topological polar surface area (TPSA) is 102 Å². The average molecular weight is 435 g/mol. The molecule has 1 atom stereocenters. The highest BCUT2D eigenvalue weighted by atomic mass is 32.2. The van der Waals surface area contributed by atoms with Gasteiger partial charge in [-0.3, -0.25) is 9.10 Å². The molecule has 0 spiro atoms. The lowest BCUT2D eigenvalue weighted by molar-refractivity contribution is -0.122. The van der Waals surface area contributed by atoms with Crippen LogP contribution < -0.4 is 14.4 Å². The Balaban J connectivity index is 2.13. The number of amides is 1. The van der Waals surface area contributed by atoms with Gasteiger partial charge in [0, 0.05) is 12.7 Å². The van der Waals surface area contributed by atoms with Crippen molar-refractivity contribution in [3.05, 3.63) is 53.6 Å². The lowest BCUT2D eigenvalue weighted by atomic mass is 10.1. The minimum Gasteiger partial charge on any atom is -0.481 e. The highest BCUT2D eigenvalue weighted by Gasteiger charge is 2.20. The molecule has 0 aliphatic heterocycles. The fourth-order valence-corrected chi connectivity index (χ4v) is 3.13. The Kier molecular flexibility index (Phi) is 7.44. The molecular formula is C21H26N2O6S. The smallest absolute Gasteiger partial charge is 0.337 e. The van der Waals surface area contributed by atoms with E-state index in [-0.39, 0.29) is 5.91 Å². The van der Waals surface area contributed by atoms with Crippen LogP contribution in [-0.4, -0.2) is 46.8 Å². The van der Waals surface area contributed by atoms with E-state index in [0.717, 1.165) is 16.1 Å². The largest absolute Gasteiger partial charge is 0.481 e. The molecule has 0 fully saturated rings. The van der Waals surface area contributed by atoms with Gasteiger partial charge in [-0.05, 0) is 55.3 Å². The van der Waals surface area contributed by atoms with E-state index >= 15 is 0 Å². The number of esters is 1. The zero-order chi connectivity index (χ0) is 22.5. The van der Waals surface area contributed by atoms with Crippen molar-refractivity contribution in [1.82, 2.24) is 0 Å². The van der Waals surface area contributed by atoms with Gasteiger partial charge in [-0.1, -0.05) is 13.0 Å². The van der Waals surface area contributed by atoms with Crippen LogP contribution in [0.25, 0.3) is 0 Å². The third kappa shape index (κ3) is 5.73. The van der Waals surface area contributed by atoms with E-state index < -0.39 is 22.1 Å². The van der Waals surface area contributed by atoms with Crippen LogP contribution in [0, 0.1) is 6.92 Å². The third-order valence-electron chi connectivity index (χ3n) is 4.56. The number of hydrogen-bond acceptors (Lipinski definition) is 6. The number of methoxy groups -OCH3 is 1. The maximum absolute atomic E-state index is 12.7. The molecule has 162 valence electrons. The molecule has 0 saturated heterocycles. The van der Waals surface area contributed by atoms with Crippen LogP contribution in [0.3, 0.4) is 0 Å². The van der Waals surface area contributed by atoms with Gasteiger partial charge in [-0.15, -0.1) is 0 Å². The number of aryl methyl sites for hydroxylation is 1. The van der Waals surface area contributed by atoms with E-state index in [4.69, 9.17) is 9.47 Å². The first-order valence-electron chi connectivity index (χ1n) is 9.27. The Bertz CT molecular complexity index is 1020. The number of carbonyl (C=O) groups excluding carboxylic acids is 2. The lowest BCUT2D eigenvalue weighted by Crippen LogP contribution is -2.32. The summed E-state index contributed by atoms with van der Waals surface area (Å²) in [6.07, 6.45) is 0.753. The molecule has 30 heavy (non-hydrogen) atoms. The number of carbonyl (C=O) groups is 2. The number of ether oxygens (including phenoxy) is 2. The zero-order valence-electron chi connectivity index (χ0n) is 17.6. The quantitative estimate of drug-likeness (QED) is 0.641. The molecule has 9 heteroatoms. The van der Waals surface area contributed by atoms with Crippen LogP contribution in [-0.2, 0) is 19.6 Å².